The van der Waals surface area contributed by atoms with Crippen LogP contribution >= 0.6 is 0 Å². The summed E-state index contributed by atoms with van der Waals surface area (Å²) in [4.78, 5) is 0. The van der Waals surface area contributed by atoms with Gasteiger partial charge < -0.3 is 5.73 Å². The second-order valence-corrected chi connectivity index (χ2v) is 1.41. The molecule has 0 aliphatic rings. The van der Waals surface area contributed by atoms with Crippen LogP contribution in [-0.4, -0.2) is 0 Å². The van der Waals surface area contributed by atoms with E-state index in [0.717, 1.165) is 5.69 Å². The van der Waals surface area contributed by atoms with Gasteiger partial charge in [0.15, 0.2) is 0 Å². The fraction of sp³-hybridized carbons (Fsp3) is 0. The second-order valence-electron chi connectivity index (χ2n) is 1.41. The summed E-state index contributed by atoms with van der Waals surface area (Å²) in [5.41, 5.74) is 6.18. The van der Waals surface area contributed by atoms with E-state index in [2.05, 4.69) is 15.9 Å². The first-order chi connectivity index (χ1) is 4.39. The van der Waals surface area contributed by atoms with Gasteiger partial charge in [0.05, 0.1) is 0 Å². The maximum absolute atomic E-state index is 7.81. The van der Waals surface area contributed by atoms with E-state index >= 15 is 0 Å². The van der Waals surface area contributed by atoms with Crippen molar-refractivity contribution in [2.45, 2.75) is 0 Å². The minimum absolute atomic E-state index is 0.822. The average Bonchev–Trinajstić information content (AvgIpc) is 1.94. The topological polar surface area (TPSA) is 43.1 Å². The molecule has 0 saturated heterocycles. The van der Waals surface area contributed by atoms with E-state index < -0.39 is 0 Å². The Morgan fingerprint density at radius 1 is 1.11 bits per heavy atom. The normalized spacial score (nSPS) is 7.33. The number of anilines is 1. The summed E-state index contributed by atoms with van der Waals surface area (Å²) in [6, 6.07) is 9.49. The third kappa shape index (κ3) is 3.88. The molecule has 0 aromatic heterocycles. The van der Waals surface area contributed by atoms with Crippen LogP contribution in [0.1, 0.15) is 0 Å². The Morgan fingerprint density at radius 3 is 1.78 bits per heavy atom. The molecule has 1 rings (SSSR count). The minimum atomic E-state index is 0.822. The standard InChI is InChI=1S/C6H7N.Cu.O/c7-6-4-2-1-3-5-6;;/h1-5H,7H2;;. The predicted molar refractivity (Wildman–Crippen MR) is 31.5 cm³/mol. The summed E-state index contributed by atoms with van der Waals surface area (Å²) >= 11 is 2.94. The molecule has 0 saturated carbocycles. The van der Waals surface area contributed by atoms with E-state index in [4.69, 9.17) is 9.57 Å². The summed E-state index contributed by atoms with van der Waals surface area (Å²) in [6.45, 7) is 0. The monoisotopic (exact) mass is 172 g/mol. The van der Waals surface area contributed by atoms with Gasteiger partial charge in [0.2, 0.25) is 0 Å². The Hall–Kier alpha value is -0.661. The number of hydrogen-bond acceptors (Lipinski definition) is 2. The Morgan fingerprint density at radius 2 is 1.56 bits per heavy atom. The van der Waals surface area contributed by atoms with Gasteiger partial charge in [0.1, 0.15) is 0 Å². The Labute approximate surface area is 62.1 Å². The molecule has 3 heteroatoms. The van der Waals surface area contributed by atoms with Gasteiger partial charge in [-0.2, -0.15) is 0 Å². The molecular formula is C6H7CuNO. The number of nitrogens with two attached hydrogens (primary N) is 1. The molecule has 0 aliphatic carbocycles. The molecule has 0 radical (unpaired) electrons. The Balaban J connectivity index is 0.000000291. The first-order valence-electron chi connectivity index (χ1n) is 2.32. The van der Waals surface area contributed by atoms with Gasteiger partial charge in [0, 0.05) is 5.69 Å². The van der Waals surface area contributed by atoms with Crippen molar-refractivity contribution in [2.24, 2.45) is 0 Å². The van der Waals surface area contributed by atoms with Crippen molar-refractivity contribution in [3.8, 4) is 0 Å². The molecule has 0 bridgehead atoms. The molecule has 0 spiro atoms. The van der Waals surface area contributed by atoms with E-state index in [1.54, 1.807) is 0 Å². The fourth-order valence-electron chi connectivity index (χ4n) is 0.453. The van der Waals surface area contributed by atoms with Gasteiger partial charge >= 0.3 is 19.8 Å². The molecule has 1 aromatic rings. The van der Waals surface area contributed by atoms with E-state index in [1.807, 2.05) is 30.3 Å². The molecule has 0 amide bonds. The summed E-state index contributed by atoms with van der Waals surface area (Å²) in [5, 5.41) is 0. The molecule has 9 heavy (non-hydrogen) atoms. The quantitative estimate of drug-likeness (QED) is 0.471. The van der Waals surface area contributed by atoms with Crippen LogP contribution in [0.5, 0.6) is 0 Å². The zero-order valence-corrected chi connectivity index (χ0v) is 5.62. The van der Waals surface area contributed by atoms with Gasteiger partial charge in [-0.15, -0.1) is 0 Å². The molecule has 0 heterocycles. The zero-order valence-electron chi connectivity index (χ0n) is 4.67. The second kappa shape index (κ2) is 5.48. The number of rotatable bonds is 0. The van der Waals surface area contributed by atoms with E-state index in [0.29, 0.717) is 0 Å². The fourth-order valence-corrected chi connectivity index (χ4v) is 0.453. The average molecular weight is 173 g/mol. The first kappa shape index (κ1) is 8.34. The molecule has 1 aromatic carbocycles. The van der Waals surface area contributed by atoms with Crippen LogP contribution in [0.2, 0.25) is 0 Å². The van der Waals surface area contributed by atoms with Gasteiger partial charge in [-0.1, -0.05) is 18.2 Å². The summed E-state index contributed by atoms with van der Waals surface area (Å²) in [6.07, 6.45) is 0. The van der Waals surface area contributed by atoms with Crippen molar-refractivity contribution < 1.29 is 19.8 Å². The number of benzene rings is 1. The van der Waals surface area contributed by atoms with Crippen LogP contribution in [0.4, 0.5) is 5.69 Å². The number of nitrogen functional groups attached to an aromatic ring is 1. The van der Waals surface area contributed by atoms with Gasteiger partial charge in [-0.05, 0) is 12.1 Å². The Kier molecular flexibility index (Phi) is 5.07. The molecule has 2 nitrogen and oxygen atoms in total. The van der Waals surface area contributed by atoms with Gasteiger partial charge in [-0.25, -0.2) is 0 Å². The number of hydrogen-bond donors (Lipinski definition) is 1. The summed E-state index contributed by atoms with van der Waals surface area (Å²) < 4.78 is 7.81. The van der Waals surface area contributed by atoms with Gasteiger partial charge in [-0.3, -0.25) is 0 Å². The maximum atomic E-state index is 7.81. The van der Waals surface area contributed by atoms with Crippen LogP contribution in [0.15, 0.2) is 30.3 Å². The SMILES string of the molecule is Nc1ccccc1.[O]=[Cu]. The summed E-state index contributed by atoms with van der Waals surface area (Å²) in [7, 11) is 0. The molecular weight excluding hydrogens is 166 g/mol. The third-order valence-corrected chi connectivity index (χ3v) is 0.800. The van der Waals surface area contributed by atoms with Crippen molar-refractivity contribution in [2.75, 3.05) is 5.73 Å². The molecule has 0 aliphatic heterocycles. The van der Waals surface area contributed by atoms with Crippen molar-refractivity contribution >= 4 is 5.69 Å². The third-order valence-electron chi connectivity index (χ3n) is 0.800. The van der Waals surface area contributed by atoms with Crippen LogP contribution in [-0.2, 0) is 19.8 Å². The van der Waals surface area contributed by atoms with Crippen molar-refractivity contribution in [1.29, 1.82) is 0 Å². The van der Waals surface area contributed by atoms with Crippen LogP contribution in [0.25, 0.3) is 0 Å². The molecule has 2 N–H and O–H groups in total. The van der Waals surface area contributed by atoms with Crippen LogP contribution in [0.3, 0.4) is 0 Å². The van der Waals surface area contributed by atoms with Crippen molar-refractivity contribution in [1.82, 2.24) is 0 Å². The zero-order chi connectivity index (χ0) is 7.11. The predicted octanol–water partition coefficient (Wildman–Crippen LogP) is 1.15. The van der Waals surface area contributed by atoms with Gasteiger partial charge in [0.25, 0.3) is 0 Å². The van der Waals surface area contributed by atoms with Crippen LogP contribution < -0.4 is 5.73 Å². The molecule has 53 valence electrons. The van der Waals surface area contributed by atoms with E-state index in [1.165, 1.54) is 0 Å². The molecule has 0 unspecified atom stereocenters. The van der Waals surface area contributed by atoms with E-state index in [9.17, 15) is 0 Å². The number of para-hydroxylation sites is 1. The van der Waals surface area contributed by atoms with Crippen molar-refractivity contribution in [3.63, 3.8) is 0 Å². The summed E-state index contributed by atoms with van der Waals surface area (Å²) in [5.74, 6) is 0. The molecule has 0 fully saturated rings. The van der Waals surface area contributed by atoms with E-state index in [-0.39, 0.29) is 0 Å². The van der Waals surface area contributed by atoms with Crippen molar-refractivity contribution in [3.05, 3.63) is 30.3 Å². The Bertz CT molecular complexity index is 154. The van der Waals surface area contributed by atoms with Crippen LogP contribution in [0, 0.1) is 0 Å². The molecule has 0 atom stereocenters. The first-order valence-corrected chi connectivity index (χ1v) is 2.71.